The van der Waals surface area contributed by atoms with Gasteiger partial charge in [-0.2, -0.15) is 0 Å². The summed E-state index contributed by atoms with van der Waals surface area (Å²) in [6, 6.07) is 5.80. The SMILES string of the molecule is O=C(NC1CCC(C(=O)O)CC1)c1c[nH]c2cccc(Br)c12. The minimum absolute atomic E-state index is 0.0514. The lowest BCUT2D eigenvalue weighted by molar-refractivity contribution is -0.142. The smallest absolute Gasteiger partial charge is 0.306 e. The van der Waals surface area contributed by atoms with Gasteiger partial charge in [-0.1, -0.05) is 22.0 Å². The van der Waals surface area contributed by atoms with E-state index in [1.165, 1.54) is 0 Å². The average molecular weight is 365 g/mol. The molecular weight excluding hydrogens is 348 g/mol. The largest absolute Gasteiger partial charge is 0.481 e. The van der Waals surface area contributed by atoms with E-state index in [0.717, 1.165) is 15.4 Å². The zero-order valence-corrected chi connectivity index (χ0v) is 13.5. The number of hydrogen-bond acceptors (Lipinski definition) is 2. The van der Waals surface area contributed by atoms with Gasteiger partial charge < -0.3 is 15.4 Å². The summed E-state index contributed by atoms with van der Waals surface area (Å²) in [7, 11) is 0. The number of benzene rings is 1. The first-order valence-electron chi connectivity index (χ1n) is 7.35. The lowest BCUT2D eigenvalue weighted by Crippen LogP contribution is -2.38. The van der Waals surface area contributed by atoms with Gasteiger partial charge in [-0.05, 0) is 37.8 Å². The van der Waals surface area contributed by atoms with Crippen LogP contribution in [0.5, 0.6) is 0 Å². The molecule has 1 heterocycles. The van der Waals surface area contributed by atoms with Crippen LogP contribution >= 0.6 is 15.9 Å². The normalized spacial score (nSPS) is 21.7. The van der Waals surface area contributed by atoms with Gasteiger partial charge in [0.15, 0.2) is 0 Å². The summed E-state index contributed by atoms with van der Waals surface area (Å²) in [5, 5.41) is 12.9. The van der Waals surface area contributed by atoms with Crippen LogP contribution in [0.1, 0.15) is 36.0 Å². The maximum absolute atomic E-state index is 12.5. The average Bonchev–Trinajstić information content (AvgIpc) is 2.93. The van der Waals surface area contributed by atoms with E-state index in [-0.39, 0.29) is 17.9 Å². The Morgan fingerprint density at radius 1 is 1.23 bits per heavy atom. The number of aromatic nitrogens is 1. The molecule has 1 fully saturated rings. The molecule has 0 spiro atoms. The minimum Gasteiger partial charge on any atom is -0.481 e. The molecule has 0 bridgehead atoms. The first-order chi connectivity index (χ1) is 10.6. The molecule has 0 radical (unpaired) electrons. The number of aliphatic carboxylic acids is 1. The Hall–Kier alpha value is -1.82. The van der Waals surface area contributed by atoms with E-state index in [1.54, 1.807) is 6.20 Å². The standard InChI is InChI=1S/C16H17BrN2O3/c17-12-2-1-3-13-14(12)11(8-18-13)15(20)19-10-6-4-9(5-7-10)16(21)22/h1-3,8-10,18H,4-7H2,(H,19,20)(H,21,22). The number of fused-ring (bicyclic) bond motifs is 1. The van der Waals surface area contributed by atoms with Crippen molar-refractivity contribution in [2.24, 2.45) is 5.92 Å². The summed E-state index contributed by atoms with van der Waals surface area (Å²) in [6.07, 6.45) is 4.39. The molecule has 6 heteroatoms. The summed E-state index contributed by atoms with van der Waals surface area (Å²) in [5.74, 6) is -1.11. The van der Waals surface area contributed by atoms with Crippen LogP contribution in [-0.4, -0.2) is 28.0 Å². The van der Waals surface area contributed by atoms with Crippen molar-refractivity contribution in [3.63, 3.8) is 0 Å². The van der Waals surface area contributed by atoms with Crippen LogP contribution in [0.4, 0.5) is 0 Å². The zero-order valence-electron chi connectivity index (χ0n) is 11.9. The van der Waals surface area contributed by atoms with Crippen LogP contribution in [0, 0.1) is 5.92 Å². The highest BCUT2D eigenvalue weighted by atomic mass is 79.9. The van der Waals surface area contributed by atoms with Crippen LogP contribution in [0.3, 0.4) is 0 Å². The van der Waals surface area contributed by atoms with Gasteiger partial charge >= 0.3 is 5.97 Å². The number of rotatable bonds is 3. The molecule has 0 unspecified atom stereocenters. The van der Waals surface area contributed by atoms with E-state index in [4.69, 9.17) is 5.11 Å². The van der Waals surface area contributed by atoms with Gasteiger partial charge in [0.1, 0.15) is 0 Å². The van der Waals surface area contributed by atoms with Crippen molar-refractivity contribution in [2.45, 2.75) is 31.7 Å². The molecule has 0 saturated heterocycles. The Morgan fingerprint density at radius 3 is 2.64 bits per heavy atom. The third-order valence-electron chi connectivity index (χ3n) is 4.31. The Kier molecular flexibility index (Phi) is 4.20. The second-order valence-corrected chi connectivity index (χ2v) is 6.58. The summed E-state index contributed by atoms with van der Waals surface area (Å²) in [4.78, 5) is 26.5. The highest BCUT2D eigenvalue weighted by Gasteiger charge is 2.27. The topological polar surface area (TPSA) is 82.2 Å². The summed E-state index contributed by atoms with van der Waals surface area (Å²) >= 11 is 3.48. The number of amides is 1. The van der Waals surface area contributed by atoms with Crippen molar-refractivity contribution in [3.05, 3.63) is 34.4 Å². The first-order valence-corrected chi connectivity index (χ1v) is 8.15. The van der Waals surface area contributed by atoms with Gasteiger partial charge in [-0.3, -0.25) is 9.59 Å². The number of carbonyl (C=O) groups excluding carboxylic acids is 1. The number of aromatic amines is 1. The van der Waals surface area contributed by atoms with Crippen molar-refractivity contribution in [2.75, 3.05) is 0 Å². The molecule has 3 rings (SSSR count). The zero-order chi connectivity index (χ0) is 15.7. The third-order valence-corrected chi connectivity index (χ3v) is 4.97. The fourth-order valence-electron chi connectivity index (χ4n) is 3.07. The summed E-state index contributed by atoms with van der Waals surface area (Å²) < 4.78 is 0.881. The van der Waals surface area contributed by atoms with Gasteiger partial charge in [-0.25, -0.2) is 0 Å². The molecule has 0 atom stereocenters. The molecule has 0 aliphatic heterocycles. The fraction of sp³-hybridized carbons (Fsp3) is 0.375. The minimum atomic E-state index is -0.731. The van der Waals surface area contributed by atoms with E-state index in [0.29, 0.717) is 31.2 Å². The number of carboxylic acid groups (broad SMARTS) is 1. The number of carbonyl (C=O) groups is 2. The predicted octanol–water partition coefficient (Wildman–Crippen LogP) is 3.30. The number of carboxylic acids is 1. The van der Waals surface area contributed by atoms with Crippen molar-refractivity contribution in [1.82, 2.24) is 10.3 Å². The molecule has 1 aromatic heterocycles. The Balaban J connectivity index is 1.71. The van der Waals surface area contributed by atoms with Gasteiger partial charge in [0.2, 0.25) is 0 Å². The Labute approximate surface area is 136 Å². The van der Waals surface area contributed by atoms with Crippen LogP contribution in [-0.2, 0) is 4.79 Å². The molecule has 1 aliphatic carbocycles. The number of nitrogens with one attached hydrogen (secondary N) is 2. The molecule has 1 amide bonds. The van der Waals surface area contributed by atoms with Crippen molar-refractivity contribution in [3.8, 4) is 0 Å². The van der Waals surface area contributed by atoms with E-state index >= 15 is 0 Å². The molecule has 1 aliphatic rings. The molecule has 1 saturated carbocycles. The maximum Gasteiger partial charge on any atom is 0.306 e. The van der Waals surface area contributed by atoms with Crippen LogP contribution < -0.4 is 5.32 Å². The maximum atomic E-state index is 12.5. The van der Waals surface area contributed by atoms with Gasteiger partial charge in [-0.15, -0.1) is 0 Å². The lowest BCUT2D eigenvalue weighted by atomic mass is 9.86. The molecule has 2 aromatic rings. The van der Waals surface area contributed by atoms with Crippen molar-refractivity contribution < 1.29 is 14.7 Å². The quantitative estimate of drug-likeness (QED) is 0.781. The summed E-state index contributed by atoms with van der Waals surface area (Å²) in [5.41, 5.74) is 1.52. The van der Waals surface area contributed by atoms with Gasteiger partial charge in [0.25, 0.3) is 5.91 Å². The lowest BCUT2D eigenvalue weighted by Gasteiger charge is -2.26. The molecule has 1 aromatic carbocycles. The monoisotopic (exact) mass is 364 g/mol. The van der Waals surface area contributed by atoms with Crippen molar-refractivity contribution in [1.29, 1.82) is 0 Å². The van der Waals surface area contributed by atoms with Gasteiger partial charge in [0.05, 0.1) is 11.5 Å². The van der Waals surface area contributed by atoms with Crippen LogP contribution in [0.25, 0.3) is 10.9 Å². The second-order valence-electron chi connectivity index (χ2n) is 5.72. The number of hydrogen-bond donors (Lipinski definition) is 3. The molecule has 5 nitrogen and oxygen atoms in total. The fourth-order valence-corrected chi connectivity index (χ4v) is 3.65. The van der Waals surface area contributed by atoms with E-state index in [9.17, 15) is 9.59 Å². The van der Waals surface area contributed by atoms with Crippen LogP contribution in [0.2, 0.25) is 0 Å². The number of halogens is 1. The first kappa shape index (κ1) is 15.1. The van der Waals surface area contributed by atoms with E-state index in [1.807, 2.05) is 18.2 Å². The molecule has 116 valence electrons. The Morgan fingerprint density at radius 2 is 1.95 bits per heavy atom. The molecular formula is C16H17BrN2O3. The summed E-state index contributed by atoms with van der Waals surface area (Å²) in [6.45, 7) is 0. The van der Waals surface area contributed by atoms with E-state index in [2.05, 4.69) is 26.2 Å². The molecule has 3 N–H and O–H groups in total. The Bertz CT molecular complexity index is 717. The molecule has 22 heavy (non-hydrogen) atoms. The highest BCUT2D eigenvalue weighted by molar-refractivity contribution is 9.10. The third kappa shape index (κ3) is 2.88. The van der Waals surface area contributed by atoms with Crippen molar-refractivity contribution >= 4 is 38.7 Å². The number of H-pyrrole nitrogens is 1. The van der Waals surface area contributed by atoms with Gasteiger partial charge in [0, 0.05) is 27.6 Å². The van der Waals surface area contributed by atoms with E-state index < -0.39 is 5.97 Å². The highest BCUT2D eigenvalue weighted by Crippen LogP contribution is 2.28. The second kappa shape index (κ2) is 6.12. The predicted molar refractivity (Wildman–Crippen MR) is 86.8 cm³/mol. The van der Waals surface area contributed by atoms with Crippen LogP contribution in [0.15, 0.2) is 28.9 Å².